The van der Waals surface area contributed by atoms with Crippen LogP contribution in [-0.4, -0.2) is 63.1 Å². The van der Waals surface area contributed by atoms with Gasteiger partial charge in [0, 0.05) is 44.0 Å². The van der Waals surface area contributed by atoms with Crippen LogP contribution in [0.15, 0.2) is 53.5 Å². The number of para-hydroxylation sites is 2. The minimum atomic E-state index is -0.183. The van der Waals surface area contributed by atoms with Crippen molar-refractivity contribution in [2.75, 3.05) is 56.6 Å². The zero-order valence-electron chi connectivity index (χ0n) is 18.5. The number of nitrogens with zero attached hydrogens (tertiary/aromatic N) is 3. The first-order valence-electron chi connectivity index (χ1n) is 10.4. The molecule has 0 aliphatic carbocycles. The number of halogens is 1. The van der Waals surface area contributed by atoms with Gasteiger partial charge in [-0.15, -0.1) is 30.4 Å². The van der Waals surface area contributed by atoms with Crippen molar-refractivity contribution in [3.05, 3.63) is 54.1 Å². The molecule has 0 spiro atoms. The van der Waals surface area contributed by atoms with Crippen molar-refractivity contribution in [1.82, 2.24) is 10.2 Å². The molecule has 0 atom stereocenters. The van der Waals surface area contributed by atoms with Crippen LogP contribution in [0.4, 0.5) is 11.4 Å². The second-order valence-corrected chi connectivity index (χ2v) is 7.09. The molecule has 0 bridgehead atoms. The normalized spacial score (nSPS) is 13.6. The molecule has 0 radical (unpaired) electrons. The van der Waals surface area contributed by atoms with E-state index in [0.717, 1.165) is 55.7 Å². The Labute approximate surface area is 207 Å². The van der Waals surface area contributed by atoms with Crippen LogP contribution in [-0.2, 0) is 4.79 Å². The Balaban J connectivity index is 0.00000363. The number of aliphatic imine (C=N–C) groups is 1. The summed E-state index contributed by atoms with van der Waals surface area (Å²) in [4.78, 5) is 21.4. The Morgan fingerprint density at radius 2 is 1.91 bits per heavy atom. The largest absolute Gasteiger partial charge is 0.495 e. The second-order valence-electron chi connectivity index (χ2n) is 7.09. The fourth-order valence-corrected chi connectivity index (χ4v) is 3.51. The lowest BCUT2D eigenvalue weighted by Crippen LogP contribution is -2.52. The summed E-state index contributed by atoms with van der Waals surface area (Å²) in [6, 6.07) is 15.3. The highest BCUT2D eigenvalue weighted by molar-refractivity contribution is 14.0. The van der Waals surface area contributed by atoms with Gasteiger partial charge in [-0.3, -0.25) is 4.79 Å². The lowest BCUT2D eigenvalue weighted by Gasteiger charge is -2.38. The Bertz CT molecular complexity index is 965. The molecule has 1 aliphatic heterocycles. The third-order valence-electron chi connectivity index (χ3n) is 5.03. The van der Waals surface area contributed by atoms with Gasteiger partial charge in [-0.05, 0) is 37.3 Å². The average Bonchev–Trinajstić information content (AvgIpc) is 2.82. The number of guanidine groups is 1. The number of ether oxygens (including phenoxy) is 1. The van der Waals surface area contributed by atoms with E-state index in [1.807, 2.05) is 43.3 Å². The number of amides is 1. The third-order valence-corrected chi connectivity index (χ3v) is 5.03. The van der Waals surface area contributed by atoms with Crippen molar-refractivity contribution < 1.29 is 9.53 Å². The van der Waals surface area contributed by atoms with Crippen LogP contribution in [0.3, 0.4) is 0 Å². The predicted octanol–water partition coefficient (Wildman–Crippen LogP) is 3.02. The number of terminal acetylenes is 1. The topological polar surface area (TPSA) is 69.2 Å². The molecule has 0 aromatic heterocycles. The van der Waals surface area contributed by atoms with Crippen LogP contribution in [0.5, 0.6) is 5.75 Å². The van der Waals surface area contributed by atoms with Crippen LogP contribution in [0.1, 0.15) is 12.5 Å². The number of piperazine rings is 1. The van der Waals surface area contributed by atoms with E-state index in [4.69, 9.17) is 11.2 Å². The lowest BCUT2D eigenvalue weighted by molar-refractivity contribution is -0.114. The van der Waals surface area contributed by atoms with Crippen LogP contribution < -0.4 is 20.3 Å². The monoisotopic (exact) mass is 547 g/mol. The maximum absolute atomic E-state index is 12.4. The molecule has 1 heterocycles. The third kappa shape index (κ3) is 6.79. The summed E-state index contributed by atoms with van der Waals surface area (Å²) in [6.45, 7) is 6.08. The fourth-order valence-electron chi connectivity index (χ4n) is 3.51. The van der Waals surface area contributed by atoms with Crippen LogP contribution >= 0.6 is 24.0 Å². The zero-order chi connectivity index (χ0) is 22.1. The first kappa shape index (κ1) is 25.3. The molecule has 1 aliphatic rings. The molecule has 3 rings (SSSR count). The van der Waals surface area contributed by atoms with E-state index in [1.54, 1.807) is 13.2 Å². The molecule has 0 unspecified atom stereocenters. The summed E-state index contributed by atoms with van der Waals surface area (Å²) in [5.74, 6) is 4.00. The van der Waals surface area contributed by atoms with Crippen LogP contribution in [0.25, 0.3) is 0 Å². The first-order chi connectivity index (χ1) is 15.1. The van der Waals surface area contributed by atoms with E-state index in [-0.39, 0.29) is 36.4 Å². The summed E-state index contributed by atoms with van der Waals surface area (Å²) in [5.41, 5.74) is 2.49. The molecular formula is C24H30IN5O2. The molecule has 2 aromatic carbocycles. The average molecular weight is 547 g/mol. The smallest absolute Gasteiger partial charge is 0.246 e. The highest BCUT2D eigenvalue weighted by atomic mass is 127. The van der Waals surface area contributed by atoms with Gasteiger partial charge >= 0.3 is 0 Å². The second kappa shape index (κ2) is 12.8. The number of anilines is 2. The van der Waals surface area contributed by atoms with Crippen molar-refractivity contribution in [3.8, 4) is 18.1 Å². The minimum Gasteiger partial charge on any atom is -0.495 e. The van der Waals surface area contributed by atoms with E-state index in [0.29, 0.717) is 5.69 Å². The number of rotatable bonds is 6. The summed E-state index contributed by atoms with van der Waals surface area (Å²) in [7, 11) is 1.69. The highest BCUT2D eigenvalue weighted by Gasteiger charge is 2.21. The summed E-state index contributed by atoms with van der Waals surface area (Å²) >= 11 is 0. The number of hydrogen-bond acceptors (Lipinski definition) is 4. The molecule has 7 nitrogen and oxygen atoms in total. The van der Waals surface area contributed by atoms with Gasteiger partial charge in [0.25, 0.3) is 0 Å². The van der Waals surface area contributed by atoms with Gasteiger partial charge in [0.05, 0.1) is 12.8 Å². The van der Waals surface area contributed by atoms with Crippen molar-refractivity contribution in [2.24, 2.45) is 4.99 Å². The first-order valence-corrected chi connectivity index (χ1v) is 10.4. The molecule has 32 heavy (non-hydrogen) atoms. The van der Waals surface area contributed by atoms with Crippen molar-refractivity contribution in [3.63, 3.8) is 0 Å². The van der Waals surface area contributed by atoms with Crippen molar-refractivity contribution >= 4 is 47.2 Å². The van der Waals surface area contributed by atoms with E-state index in [1.165, 1.54) is 0 Å². The van der Waals surface area contributed by atoms with Gasteiger partial charge in [-0.1, -0.05) is 24.1 Å². The quantitative estimate of drug-likeness (QED) is 0.252. The van der Waals surface area contributed by atoms with Gasteiger partial charge in [0.1, 0.15) is 12.3 Å². The summed E-state index contributed by atoms with van der Waals surface area (Å²) in [5, 5.41) is 6.14. The van der Waals surface area contributed by atoms with E-state index in [9.17, 15) is 4.79 Å². The summed E-state index contributed by atoms with van der Waals surface area (Å²) < 4.78 is 5.49. The van der Waals surface area contributed by atoms with Crippen LogP contribution in [0, 0.1) is 12.3 Å². The molecule has 1 fully saturated rings. The van der Waals surface area contributed by atoms with Gasteiger partial charge in [-0.25, -0.2) is 4.99 Å². The van der Waals surface area contributed by atoms with Crippen molar-refractivity contribution in [2.45, 2.75) is 6.92 Å². The van der Waals surface area contributed by atoms with E-state index < -0.39 is 0 Å². The number of hydrogen-bond donors (Lipinski definition) is 2. The lowest BCUT2D eigenvalue weighted by atomic mass is 10.2. The number of carbonyl (C=O) groups excluding carboxylic acids is 1. The fraction of sp³-hybridized carbons (Fsp3) is 0.333. The van der Waals surface area contributed by atoms with Gasteiger partial charge in [0.15, 0.2) is 5.96 Å². The SMILES string of the molecule is C#Cc1cccc(NC(=O)CN=C(NCC)N2CCN(c3ccccc3OC)CC2)c1.I. The molecular weight excluding hydrogens is 517 g/mol. The maximum atomic E-state index is 12.4. The Morgan fingerprint density at radius 3 is 2.59 bits per heavy atom. The number of benzene rings is 2. The molecule has 0 saturated carbocycles. The van der Waals surface area contributed by atoms with Gasteiger partial charge in [-0.2, -0.15) is 0 Å². The molecule has 8 heteroatoms. The molecule has 170 valence electrons. The van der Waals surface area contributed by atoms with Gasteiger partial charge in [0.2, 0.25) is 5.91 Å². The predicted molar refractivity (Wildman–Crippen MR) is 141 cm³/mol. The Morgan fingerprint density at radius 1 is 1.16 bits per heavy atom. The molecule has 2 N–H and O–H groups in total. The minimum absolute atomic E-state index is 0. The maximum Gasteiger partial charge on any atom is 0.246 e. The Hall–Kier alpha value is -2.93. The number of methoxy groups -OCH3 is 1. The number of nitrogens with one attached hydrogen (secondary N) is 2. The zero-order valence-corrected chi connectivity index (χ0v) is 20.8. The van der Waals surface area contributed by atoms with Crippen LogP contribution in [0.2, 0.25) is 0 Å². The molecule has 1 amide bonds. The van der Waals surface area contributed by atoms with E-state index >= 15 is 0 Å². The highest BCUT2D eigenvalue weighted by Crippen LogP contribution is 2.28. The number of carbonyl (C=O) groups is 1. The summed E-state index contributed by atoms with van der Waals surface area (Å²) in [6.07, 6.45) is 5.42. The Kier molecular flexibility index (Phi) is 10.1. The van der Waals surface area contributed by atoms with E-state index in [2.05, 4.69) is 37.4 Å². The van der Waals surface area contributed by atoms with Gasteiger partial charge < -0.3 is 25.2 Å². The molecule has 2 aromatic rings. The standard InChI is InChI=1S/C24H29N5O2.HI/c1-4-19-9-8-10-20(17-19)27-23(30)18-26-24(25-5-2)29-15-13-28(14-16-29)21-11-6-7-12-22(21)31-3;/h1,6-12,17H,5,13-16,18H2,2-3H3,(H,25,26)(H,27,30);1H. The molecule has 1 saturated heterocycles. The van der Waals surface area contributed by atoms with Crippen molar-refractivity contribution in [1.29, 1.82) is 0 Å².